The maximum Gasteiger partial charge on any atom is 0.391 e. The number of pyridine rings is 1. The van der Waals surface area contributed by atoms with Gasteiger partial charge in [0.25, 0.3) is 5.91 Å². The molecule has 2 N–H and O–H groups in total. The zero-order valence-electron chi connectivity index (χ0n) is 13.4. The SMILES string of the molecule is O=C(NC(CC(F)(F)F)C(=O)O)c1ccnc(OC2CCCCC2)c1. The number of nitrogens with zero attached hydrogens (tertiary/aromatic N) is 1. The van der Waals surface area contributed by atoms with E-state index in [1.54, 1.807) is 0 Å². The molecule has 1 aromatic heterocycles. The molecule has 25 heavy (non-hydrogen) atoms. The zero-order chi connectivity index (χ0) is 18.4. The lowest BCUT2D eigenvalue weighted by atomic mass is 9.98. The van der Waals surface area contributed by atoms with E-state index in [0.29, 0.717) is 0 Å². The number of carboxylic acids is 1. The first kappa shape index (κ1) is 19.0. The van der Waals surface area contributed by atoms with Crippen molar-refractivity contribution in [2.24, 2.45) is 0 Å². The molecule has 0 bridgehead atoms. The molecule has 1 aliphatic carbocycles. The molecule has 0 saturated heterocycles. The summed E-state index contributed by atoms with van der Waals surface area (Å²) in [5.74, 6) is -2.48. The van der Waals surface area contributed by atoms with Crippen LogP contribution in [0.1, 0.15) is 48.9 Å². The number of aliphatic carboxylic acids is 1. The monoisotopic (exact) mass is 360 g/mol. The number of carboxylic acid groups (broad SMARTS) is 1. The van der Waals surface area contributed by atoms with Gasteiger partial charge in [-0.15, -0.1) is 0 Å². The predicted molar refractivity (Wildman–Crippen MR) is 81.3 cm³/mol. The Morgan fingerprint density at radius 3 is 2.60 bits per heavy atom. The zero-order valence-corrected chi connectivity index (χ0v) is 13.4. The van der Waals surface area contributed by atoms with Gasteiger partial charge in [-0.3, -0.25) is 4.79 Å². The van der Waals surface area contributed by atoms with Crippen molar-refractivity contribution in [3.63, 3.8) is 0 Å². The van der Waals surface area contributed by atoms with Crippen LogP contribution >= 0.6 is 0 Å². The summed E-state index contributed by atoms with van der Waals surface area (Å²) in [6.45, 7) is 0. The van der Waals surface area contributed by atoms with Crippen LogP contribution in [0.5, 0.6) is 5.88 Å². The topological polar surface area (TPSA) is 88.5 Å². The maximum absolute atomic E-state index is 12.4. The van der Waals surface area contributed by atoms with Crippen molar-refractivity contribution in [2.45, 2.75) is 56.8 Å². The molecule has 1 saturated carbocycles. The molecule has 9 heteroatoms. The number of hydrogen-bond acceptors (Lipinski definition) is 4. The Morgan fingerprint density at radius 1 is 1.32 bits per heavy atom. The highest BCUT2D eigenvalue weighted by Crippen LogP contribution is 2.23. The lowest BCUT2D eigenvalue weighted by molar-refractivity contribution is -0.157. The van der Waals surface area contributed by atoms with Crippen LogP contribution in [0.15, 0.2) is 18.3 Å². The Labute approximate surface area is 142 Å². The molecule has 2 rings (SSSR count). The third-order valence-electron chi connectivity index (χ3n) is 3.88. The molecule has 0 aliphatic heterocycles. The standard InChI is InChI=1S/C16H19F3N2O4/c17-16(18,19)9-12(15(23)24)21-14(22)10-6-7-20-13(8-10)25-11-4-2-1-3-5-11/h6-8,11-12H,1-5,9H2,(H,21,22)(H,23,24). The van der Waals surface area contributed by atoms with Crippen molar-refractivity contribution in [1.82, 2.24) is 10.3 Å². The first-order valence-electron chi connectivity index (χ1n) is 7.98. The van der Waals surface area contributed by atoms with Crippen LogP contribution in [-0.4, -0.2) is 40.3 Å². The molecule has 1 fully saturated rings. The average molecular weight is 360 g/mol. The second-order valence-corrected chi connectivity index (χ2v) is 5.94. The van der Waals surface area contributed by atoms with Gasteiger partial charge in [0.1, 0.15) is 12.1 Å². The Balaban J connectivity index is 2.02. The van der Waals surface area contributed by atoms with Gasteiger partial charge in [-0.2, -0.15) is 13.2 Å². The molecule has 1 heterocycles. The fourth-order valence-electron chi connectivity index (χ4n) is 2.64. The molecular weight excluding hydrogens is 341 g/mol. The molecule has 1 unspecified atom stereocenters. The Hall–Kier alpha value is -2.32. The molecule has 1 atom stereocenters. The highest BCUT2D eigenvalue weighted by Gasteiger charge is 2.36. The number of carbonyl (C=O) groups is 2. The smallest absolute Gasteiger partial charge is 0.391 e. The number of amides is 1. The van der Waals surface area contributed by atoms with Gasteiger partial charge in [0.05, 0.1) is 6.42 Å². The van der Waals surface area contributed by atoms with E-state index >= 15 is 0 Å². The molecule has 0 spiro atoms. The van der Waals surface area contributed by atoms with E-state index in [2.05, 4.69) is 4.98 Å². The van der Waals surface area contributed by atoms with E-state index in [9.17, 15) is 22.8 Å². The number of rotatable bonds is 6. The number of halogens is 3. The van der Waals surface area contributed by atoms with Gasteiger partial charge < -0.3 is 15.2 Å². The third-order valence-corrected chi connectivity index (χ3v) is 3.88. The lowest BCUT2D eigenvalue weighted by Gasteiger charge is -2.22. The molecule has 1 amide bonds. The quantitative estimate of drug-likeness (QED) is 0.814. The van der Waals surface area contributed by atoms with Crippen LogP contribution < -0.4 is 10.1 Å². The second kappa shape index (κ2) is 8.17. The summed E-state index contributed by atoms with van der Waals surface area (Å²) < 4.78 is 42.9. The fraction of sp³-hybridized carbons (Fsp3) is 0.562. The van der Waals surface area contributed by atoms with Crippen molar-refractivity contribution in [2.75, 3.05) is 0 Å². The lowest BCUT2D eigenvalue weighted by Crippen LogP contribution is -2.43. The Morgan fingerprint density at radius 2 is 2.00 bits per heavy atom. The number of alkyl halides is 3. The van der Waals surface area contributed by atoms with E-state index in [0.717, 1.165) is 32.1 Å². The summed E-state index contributed by atoms with van der Waals surface area (Å²) in [5.41, 5.74) is -0.00534. The van der Waals surface area contributed by atoms with E-state index in [-0.39, 0.29) is 17.5 Å². The van der Waals surface area contributed by atoms with Crippen LogP contribution in [0.25, 0.3) is 0 Å². The van der Waals surface area contributed by atoms with E-state index < -0.39 is 30.5 Å². The van der Waals surface area contributed by atoms with Crippen LogP contribution in [0, 0.1) is 0 Å². The van der Waals surface area contributed by atoms with E-state index in [4.69, 9.17) is 9.84 Å². The van der Waals surface area contributed by atoms with Gasteiger partial charge in [-0.05, 0) is 31.7 Å². The highest BCUT2D eigenvalue weighted by molar-refractivity contribution is 5.96. The van der Waals surface area contributed by atoms with Crippen molar-refractivity contribution in [3.8, 4) is 5.88 Å². The highest BCUT2D eigenvalue weighted by atomic mass is 19.4. The summed E-state index contributed by atoms with van der Waals surface area (Å²) in [6.07, 6.45) is -0.0654. The van der Waals surface area contributed by atoms with Gasteiger partial charge >= 0.3 is 12.1 Å². The van der Waals surface area contributed by atoms with Crippen molar-refractivity contribution < 1.29 is 32.6 Å². The average Bonchev–Trinajstić information content (AvgIpc) is 2.54. The summed E-state index contributed by atoms with van der Waals surface area (Å²) >= 11 is 0. The largest absolute Gasteiger partial charge is 0.480 e. The molecule has 6 nitrogen and oxygen atoms in total. The first-order chi connectivity index (χ1) is 11.7. The number of carbonyl (C=O) groups excluding carboxylic acids is 1. The predicted octanol–water partition coefficient (Wildman–Crippen LogP) is 2.93. The van der Waals surface area contributed by atoms with Gasteiger partial charge in [0.2, 0.25) is 5.88 Å². The Kier molecular flexibility index (Phi) is 6.22. The second-order valence-electron chi connectivity index (χ2n) is 5.94. The van der Waals surface area contributed by atoms with Gasteiger partial charge in [0, 0.05) is 17.8 Å². The molecular formula is C16H19F3N2O4. The normalized spacial score (nSPS) is 16.9. The molecule has 1 aliphatic rings. The van der Waals surface area contributed by atoms with Crippen LogP contribution in [-0.2, 0) is 4.79 Å². The molecule has 1 aromatic rings. The van der Waals surface area contributed by atoms with Crippen LogP contribution in [0.3, 0.4) is 0 Å². The number of nitrogens with one attached hydrogen (secondary N) is 1. The third kappa shape index (κ3) is 6.24. The van der Waals surface area contributed by atoms with Crippen LogP contribution in [0.2, 0.25) is 0 Å². The minimum absolute atomic E-state index is 0.00319. The van der Waals surface area contributed by atoms with Crippen LogP contribution in [0.4, 0.5) is 13.2 Å². The fourth-order valence-corrected chi connectivity index (χ4v) is 2.64. The van der Waals surface area contributed by atoms with Crippen molar-refractivity contribution >= 4 is 11.9 Å². The maximum atomic E-state index is 12.4. The van der Waals surface area contributed by atoms with E-state index in [1.807, 2.05) is 5.32 Å². The molecule has 0 aromatic carbocycles. The van der Waals surface area contributed by atoms with Crippen molar-refractivity contribution in [1.29, 1.82) is 0 Å². The van der Waals surface area contributed by atoms with Gasteiger partial charge in [-0.1, -0.05) is 6.42 Å². The minimum Gasteiger partial charge on any atom is -0.480 e. The van der Waals surface area contributed by atoms with E-state index in [1.165, 1.54) is 18.3 Å². The summed E-state index contributed by atoms with van der Waals surface area (Å²) in [7, 11) is 0. The molecule has 138 valence electrons. The number of aromatic nitrogens is 1. The summed E-state index contributed by atoms with van der Waals surface area (Å²) in [4.78, 5) is 27.0. The first-order valence-corrected chi connectivity index (χ1v) is 7.98. The number of ether oxygens (including phenoxy) is 1. The Bertz CT molecular complexity index is 616. The summed E-state index contributed by atoms with van der Waals surface area (Å²) in [6, 6.07) is 0.537. The van der Waals surface area contributed by atoms with Gasteiger partial charge in [-0.25, -0.2) is 9.78 Å². The number of hydrogen-bond donors (Lipinski definition) is 2. The molecule has 0 radical (unpaired) electrons. The minimum atomic E-state index is -4.70. The van der Waals surface area contributed by atoms with Crippen molar-refractivity contribution in [3.05, 3.63) is 23.9 Å². The van der Waals surface area contributed by atoms with Gasteiger partial charge in [0.15, 0.2) is 0 Å². The summed E-state index contributed by atoms with van der Waals surface area (Å²) in [5, 5.41) is 10.7.